The van der Waals surface area contributed by atoms with Crippen LogP contribution in [0.4, 0.5) is 4.79 Å². The van der Waals surface area contributed by atoms with Gasteiger partial charge in [0.2, 0.25) is 12.2 Å². The van der Waals surface area contributed by atoms with Gasteiger partial charge in [0.15, 0.2) is 0 Å². The van der Waals surface area contributed by atoms with Gasteiger partial charge >= 0.3 is 11.8 Å². The van der Waals surface area contributed by atoms with Crippen LogP contribution in [0.2, 0.25) is 0 Å². The lowest BCUT2D eigenvalue weighted by atomic mass is 9.84. The summed E-state index contributed by atoms with van der Waals surface area (Å²) in [6.45, 7) is 0.385. The fraction of sp³-hybridized carbons (Fsp3) is 0.281. The highest BCUT2D eigenvalue weighted by molar-refractivity contribution is 5.68. The maximum Gasteiger partial charge on any atom is 0.407 e. The van der Waals surface area contributed by atoms with E-state index in [1.54, 1.807) is 7.05 Å². The van der Waals surface area contributed by atoms with E-state index in [1.807, 2.05) is 91.0 Å². The first-order chi connectivity index (χ1) is 19.9. The monoisotopic (exact) mass is 555 g/mol. The van der Waals surface area contributed by atoms with E-state index in [1.165, 1.54) is 11.6 Å². The molecule has 4 aromatic rings. The predicted octanol–water partition coefficient (Wildman–Crippen LogP) is 4.03. The van der Waals surface area contributed by atoms with Crippen LogP contribution in [0.1, 0.15) is 34.6 Å². The molecule has 3 unspecified atom stereocenters. The standard InChI is InChI=1S/C32H33N3O6/c1-34-29(36)28-25(19-27(41-30(28)35(2)32(34)38)39-20-23-14-8-4-9-15-23)26(18-22-12-6-3-7-13-22)33-31(37)40-21-24-16-10-5-11-17-24/h3-17,25-27H,18-21H2,1-2H3,(H,33,37). The van der Waals surface area contributed by atoms with Crippen LogP contribution in [0.15, 0.2) is 101 Å². The van der Waals surface area contributed by atoms with Crippen LogP contribution >= 0.6 is 0 Å². The molecule has 1 amide bonds. The quantitative estimate of drug-likeness (QED) is 0.335. The lowest BCUT2D eigenvalue weighted by molar-refractivity contribution is -0.111. The summed E-state index contributed by atoms with van der Waals surface area (Å²) in [4.78, 5) is 39.5. The zero-order chi connectivity index (χ0) is 28.8. The summed E-state index contributed by atoms with van der Waals surface area (Å²) in [5, 5.41) is 3.01. The number of rotatable bonds is 9. The Morgan fingerprint density at radius 2 is 1.41 bits per heavy atom. The second-order valence-corrected chi connectivity index (χ2v) is 10.1. The van der Waals surface area contributed by atoms with Gasteiger partial charge in [0.25, 0.3) is 5.56 Å². The van der Waals surface area contributed by atoms with Gasteiger partial charge in [0.1, 0.15) is 6.61 Å². The molecular formula is C32H33N3O6. The Morgan fingerprint density at radius 1 is 0.854 bits per heavy atom. The number of benzene rings is 3. The van der Waals surface area contributed by atoms with Crippen LogP contribution in [-0.2, 0) is 43.2 Å². The van der Waals surface area contributed by atoms with Gasteiger partial charge in [-0.3, -0.25) is 13.9 Å². The molecule has 1 aliphatic heterocycles. The third-order valence-electron chi connectivity index (χ3n) is 7.28. The van der Waals surface area contributed by atoms with Gasteiger partial charge in [-0.2, -0.15) is 0 Å². The fourth-order valence-electron chi connectivity index (χ4n) is 5.12. The van der Waals surface area contributed by atoms with E-state index in [0.717, 1.165) is 21.3 Å². The maximum absolute atomic E-state index is 13.5. The number of alkyl carbamates (subject to hydrolysis) is 1. The van der Waals surface area contributed by atoms with Gasteiger partial charge in [-0.1, -0.05) is 91.0 Å². The predicted molar refractivity (Wildman–Crippen MR) is 154 cm³/mol. The number of hydrogen-bond acceptors (Lipinski definition) is 6. The van der Waals surface area contributed by atoms with Crippen molar-refractivity contribution in [3.05, 3.63) is 134 Å². The number of fused-ring (bicyclic) bond motifs is 1. The van der Waals surface area contributed by atoms with Crippen molar-refractivity contribution in [1.29, 1.82) is 0 Å². The minimum absolute atomic E-state index is 0.105. The first-order valence-electron chi connectivity index (χ1n) is 13.5. The Bertz CT molecular complexity index is 1590. The molecule has 212 valence electrons. The average molecular weight is 556 g/mol. The third-order valence-corrected chi connectivity index (χ3v) is 7.28. The van der Waals surface area contributed by atoms with Gasteiger partial charge in [-0.15, -0.1) is 0 Å². The van der Waals surface area contributed by atoms with E-state index in [4.69, 9.17) is 14.2 Å². The first kappa shape index (κ1) is 27.9. The molecule has 5 rings (SSSR count). The molecule has 1 aromatic heterocycles. The fourth-order valence-corrected chi connectivity index (χ4v) is 5.12. The minimum Gasteiger partial charge on any atom is -0.449 e. The van der Waals surface area contributed by atoms with Gasteiger partial charge < -0.3 is 19.5 Å². The van der Waals surface area contributed by atoms with Gasteiger partial charge in [-0.25, -0.2) is 9.59 Å². The van der Waals surface area contributed by atoms with Crippen LogP contribution < -0.4 is 21.3 Å². The second kappa shape index (κ2) is 12.7. The molecule has 0 aliphatic carbocycles. The molecule has 9 nitrogen and oxygen atoms in total. The summed E-state index contributed by atoms with van der Waals surface area (Å²) in [7, 11) is 3.00. The van der Waals surface area contributed by atoms with Crippen LogP contribution in [0.25, 0.3) is 0 Å². The van der Waals surface area contributed by atoms with Crippen molar-refractivity contribution in [2.75, 3.05) is 0 Å². The number of hydrogen-bond donors (Lipinski definition) is 1. The Balaban J connectivity index is 1.48. The second-order valence-electron chi connectivity index (χ2n) is 10.1. The van der Waals surface area contributed by atoms with Crippen molar-refractivity contribution < 1.29 is 19.0 Å². The molecule has 0 saturated carbocycles. The summed E-state index contributed by atoms with van der Waals surface area (Å²) >= 11 is 0. The summed E-state index contributed by atoms with van der Waals surface area (Å²) in [6.07, 6.45) is -0.663. The molecule has 0 fully saturated rings. The summed E-state index contributed by atoms with van der Waals surface area (Å²) in [5.74, 6) is -0.389. The van der Waals surface area contributed by atoms with Crippen molar-refractivity contribution in [3.63, 3.8) is 0 Å². The van der Waals surface area contributed by atoms with Crippen LogP contribution in [0.5, 0.6) is 5.88 Å². The highest BCUT2D eigenvalue weighted by atomic mass is 16.7. The van der Waals surface area contributed by atoms with Gasteiger partial charge in [0, 0.05) is 32.5 Å². The van der Waals surface area contributed by atoms with Crippen molar-refractivity contribution in [2.45, 2.75) is 44.3 Å². The first-order valence-corrected chi connectivity index (χ1v) is 13.5. The van der Waals surface area contributed by atoms with E-state index in [0.29, 0.717) is 12.0 Å². The van der Waals surface area contributed by atoms with Gasteiger partial charge in [0.05, 0.1) is 12.2 Å². The molecule has 1 aliphatic rings. The zero-order valence-corrected chi connectivity index (χ0v) is 23.1. The average Bonchev–Trinajstić information content (AvgIpc) is 3.01. The minimum atomic E-state index is -0.758. The molecule has 1 N–H and O–H groups in total. The SMILES string of the molecule is Cn1c2c(c(=O)n(C)c1=O)C(C(Cc1ccccc1)NC(=O)OCc1ccccc1)CC(OCc1ccccc1)O2. The number of nitrogens with zero attached hydrogens (tertiary/aromatic N) is 2. The molecule has 3 aromatic carbocycles. The van der Waals surface area contributed by atoms with Gasteiger partial charge in [-0.05, 0) is 23.1 Å². The lowest BCUT2D eigenvalue weighted by Gasteiger charge is -2.36. The number of carbonyl (C=O) groups excluding carboxylic acids is 1. The number of ether oxygens (including phenoxy) is 3. The molecule has 9 heteroatoms. The summed E-state index contributed by atoms with van der Waals surface area (Å²) in [5.41, 5.74) is 2.13. The lowest BCUT2D eigenvalue weighted by Crippen LogP contribution is -2.50. The Labute approximate surface area is 237 Å². The van der Waals surface area contributed by atoms with Crippen LogP contribution in [-0.4, -0.2) is 27.6 Å². The maximum atomic E-state index is 13.5. The van der Waals surface area contributed by atoms with E-state index < -0.39 is 35.6 Å². The number of nitrogens with one attached hydrogen (secondary N) is 1. The van der Waals surface area contributed by atoms with E-state index >= 15 is 0 Å². The van der Waals surface area contributed by atoms with Crippen molar-refractivity contribution >= 4 is 6.09 Å². The molecule has 0 saturated heterocycles. The Hall–Kier alpha value is -4.63. The van der Waals surface area contributed by atoms with Crippen LogP contribution in [0.3, 0.4) is 0 Å². The largest absolute Gasteiger partial charge is 0.449 e. The van der Waals surface area contributed by atoms with Crippen molar-refractivity contribution in [3.8, 4) is 5.88 Å². The van der Waals surface area contributed by atoms with Crippen LogP contribution in [0, 0.1) is 0 Å². The normalized spacial score (nSPS) is 16.7. The Morgan fingerprint density at radius 3 is 2.02 bits per heavy atom. The molecule has 0 spiro atoms. The highest BCUT2D eigenvalue weighted by Crippen LogP contribution is 2.37. The topological polar surface area (TPSA) is 101 Å². The van der Waals surface area contributed by atoms with Crippen molar-refractivity contribution in [2.24, 2.45) is 14.1 Å². The number of aromatic nitrogens is 2. The summed E-state index contributed by atoms with van der Waals surface area (Å²) < 4.78 is 20.2. The summed E-state index contributed by atoms with van der Waals surface area (Å²) in [6, 6.07) is 28.2. The molecular weight excluding hydrogens is 522 g/mol. The number of carbonyl (C=O) groups is 1. The van der Waals surface area contributed by atoms with E-state index in [-0.39, 0.29) is 25.5 Å². The third kappa shape index (κ3) is 6.58. The van der Waals surface area contributed by atoms with E-state index in [2.05, 4.69) is 5.32 Å². The molecule has 3 atom stereocenters. The molecule has 0 bridgehead atoms. The molecule has 41 heavy (non-hydrogen) atoms. The highest BCUT2D eigenvalue weighted by Gasteiger charge is 2.39. The smallest absolute Gasteiger partial charge is 0.407 e. The van der Waals surface area contributed by atoms with E-state index in [9.17, 15) is 14.4 Å². The number of amides is 1. The Kier molecular flexibility index (Phi) is 8.64. The van der Waals surface area contributed by atoms with Crippen molar-refractivity contribution in [1.82, 2.24) is 14.5 Å². The molecule has 0 radical (unpaired) electrons. The molecule has 2 heterocycles. The zero-order valence-electron chi connectivity index (χ0n) is 23.1.